The normalized spacial score (nSPS) is 14.7. The lowest BCUT2D eigenvalue weighted by molar-refractivity contribution is -0.139. The monoisotopic (exact) mass is 1900 g/mol. The molecule has 48 heteroatoms. The highest BCUT2D eigenvalue weighted by atomic mass is 32.2. The third-order valence-corrected chi connectivity index (χ3v) is 26.1. The van der Waals surface area contributed by atoms with Crippen molar-refractivity contribution < 1.29 is 103 Å². The molecular weight excluding hydrogens is 1780 g/mol. The lowest BCUT2D eigenvalue weighted by atomic mass is 10.1. The van der Waals surface area contributed by atoms with Crippen LogP contribution < -0.4 is 68.2 Å². The van der Waals surface area contributed by atoms with E-state index in [9.17, 15) is 113 Å². The smallest absolute Gasteiger partial charge is 0.323 e. The maximum atomic E-state index is 14.8. The molecule has 132 heavy (non-hydrogen) atoms. The van der Waals surface area contributed by atoms with Gasteiger partial charge in [-0.15, -0.1) is 0 Å². The minimum Gasteiger partial charge on any atom is -0.480 e. The molecule has 9 rings (SSSR count). The molecule has 0 aliphatic carbocycles. The van der Waals surface area contributed by atoms with Crippen LogP contribution in [0.25, 0.3) is 21.8 Å². The zero-order valence-corrected chi connectivity index (χ0v) is 76.3. The third-order valence-electron chi connectivity index (χ3n) is 21.8. The Morgan fingerprint density at radius 2 is 0.886 bits per heavy atom. The van der Waals surface area contributed by atoms with Crippen LogP contribution in [0.4, 0.5) is 11.9 Å². The summed E-state index contributed by atoms with van der Waals surface area (Å²) in [4.78, 5) is 186. The molecule has 2 unspecified atom stereocenters. The molecule has 4 aromatic heterocycles. The van der Waals surface area contributed by atoms with E-state index in [1.165, 1.54) is 49.1 Å². The predicted octanol–water partition coefficient (Wildman–Crippen LogP) is -1.39. The number of nitrogens with zero attached hydrogens (tertiary/aromatic N) is 8. The van der Waals surface area contributed by atoms with Gasteiger partial charge in [-0.1, -0.05) is 54.4 Å². The summed E-state index contributed by atoms with van der Waals surface area (Å²) < 4.78 is 97.9. The second kappa shape index (κ2) is 47.6. The molecule has 5 atom stereocenters. The van der Waals surface area contributed by atoms with Gasteiger partial charge in [0.15, 0.2) is 11.9 Å². The minimum atomic E-state index is -5.18. The number of fused-ring (bicyclic) bond motifs is 2. The number of imidazole rings is 2. The van der Waals surface area contributed by atoms with Gasteiger partial charge in [-0.25, -0.2) is 26.8 Å². The molecule has 5 heterocycles. The predicted molar refractivity (Wildman–Crippen MR) is 483 cm³/mol. The van der Waals surface area contributed by atoms with E-state index in [4.69, 9.17) is 0 Å². The van der Waals surface area contributed by atoms with Crippen LogP contribution in [-0.2, 0) is 94.7 Å². The number of carboxylic acids is 3. The van der Waals surface area contributed by atoms with Gasteiger partial charge in [0.25, 0.3) is 21.9 Å². The van der Waals surface area contributed by atoms with Crippen LogP contribution in [0.5, 0.6) is 0 Å². The molecule has 0 saturated carbocycles. The van der Waals surface area contributed by atoms with Gasteiger partial charge in [0.2, 0.25) is 60.4 Å². The van der Waals surface area contributed by atoms with Crippen molar-refractivity contribution in [1.82, 2.24) is 95.3 Å². The Morgan fingerprint density at radius 3 is 1.27 bits per heavy atom. The van der Waals surface area contributed by atoms with E-state index in [0.717, 1.165) is 17.3 Å². The first-order chi connectivity index (χ1) is 62.5. The number of anilines is 2. The Hall–Kier alpha value is -12.5. The summed E-state index contributed by atoms with van der Waals surface area (Å²) in [6, 6.07) is 6.80. The van der Waals surface area contributed by atoms with Crippen LogP contribution in [0, 0.1) is 41.5 Å². The number of carbonyl (C=O) groups excluding carboxylic acids is 7. The van der Waals surface area contributed by atoms with Crippen molar-refractivity contribution in [1.29, 1.82) is 0 Å². The molecule has 45 nitrogen and oxygen atoms in total. The molecule has 7 amide bonds. The van der Waals surface area contributed by atoms with Crippen molar-refractivity contribution in [3.8, 4) is 0 Å². The van der Waals surface area contributed by atoms with E-state index in [1.54, 1.807) is 120 Å². The van der Waals surface area contributed by atoms with E-state index in [2.05, 4.69) is 77.2 Å². The number of H-pyrrole nitrogens is 2. The van der Waals surface area contributed by atoms with Crippen molar-refractivity contribution in [2.75, 3.05) is 121 Å². The number of sulfonamides is 2. The van der Waals surface area contributed by atoms with Gasteiger partial charge in [-0.05, 0) is 125 Å². The molecular formula is C84H113N21O24S3. The maximum absolute atomic E-state index is 14.8. The first-order valence-corrected chi connectivity index (χ1v) is 46.9. The van der Waals surface area contributed by atoms with Gasteiger partial charge in [0.1, 0.15) is 47.1 Å². The van der Waals surface area contributed by atoms with Gasteiger partial charge >= 0.3 is 17.9 Å². The van der Waals surface area contributed by atoms with Gasteiger partial charge < -0.3 is 92.5 Å². The van der Waals surface area contributed by atoms with Gasteiger partial charge in [-0.3, -0.25) is 81.7 Å². The second-order valence-electron chi connectivity index (χ2n) is 32.1. The number of nitrogens with one attached hydrogen (secondary N) is 13. The summed E-state index contributed by atoms with van der Waals surface area (Å²) in [5, 5.41) is 74.3. The fourth-order valence-corrected chi connectivity index (χ4v) is 19.2. The quantitative estimate of drug-likeness (QED) is 0.0154. The molecule has 8 aromatic rings. The first kappa shape index (κ1) is 103. The highest BCUT2D eigenvalue weighted by molar-refractivity contribution is 7.90. The standard InChI is InChI=1S/C84H113N21O24S3/c1-8-62(78(116)85-17-9-23-104-43-60(72(112)58-13-11-56(37-67(58)104)39-93-83-87-19-20-88-83)76(114)91-41-64(81(119)120)98-131(126,127)74-52(4)33-50(2)34-53(74)5)95-69(108)16-15-63(96-70(109)45-100-25-26-101(46-71(110)111)28-30-103(49-107)32-31-102(48-106)29-27-100)80(118)97-66(47-130(123,124)125)79(117)86-18-10-24-105-44-61(73(113)59-14-12-57(38-68(59)105)40-94-84-89-21-22-90-84)77(115)92-42-65(82(121)122)99-132(128,129)75-54(6)35-51(3)36-55(75)7/h11-14,19-22,33-38,43-44,62-66,98-99,106-107H,8-10,15-18,23-32,39-42,45-49H2,1-7H3,(H,85,116)(H,86,117)(H,91,114)(H,92,115)(H,95,108)(H,96,109)(H,97,118)(H,110,111)(H,119,120)(H,121,122)(H2,87,88,93)(H2,89,90,94)(H,123,124,125)/t62-,63-,64?,65?,66-/m0/s1. The topological polar surface area (TPSA) is 641 Å². The van der Waals surface area contributed by atoms with Crippen molar-refractivity contribution >= 4 is 123 Å². The van der Waals surface area contributed by atoms with Crippen LogP contribution in [0.15, 0.2) is 117 Å². The lowest BCUT2D eigenvalue weighted by Gasteiger charge is -2.32. The molecule has 1 aliphatic heterocycles. The van der Waals surface area contributed by atoms with Crippen LogP contribution in [-0.4, -0.2) is 304 Å². The zero-order valence-electron chi connectivity index (χ0n) is 73.8. The SMILES string of the molecule is CC[C@H](NC(=O)CC[C@H](NC(=O)CN1CCN(CO)CCN(CO)CCN(CC(=O)O)CC1)C(=O)N[C@@H](CS(=O)(=O)O)C(=O)NCCCn1cc(C(=O)NCC(NS(=O)(=O)c2c(C)cc(C)cc2C)C(=O)O)c(=O)c2ccc(CNc3ncc[nH]3)cc21)C(=O)NCCCn1cc(C(=O)NCC(NS(=O)(=O)c2c(C)cc(C)cc2C)C(=O)O)c(=O)c2ccc(CNc3ncc[nH]3)cc21. The molecule has 4 aromatic carbocycles. The Morgan fingerprint density at radius 1 is 0.485 bits per heavy atom. The Bertz CT molecular complexity index is 5950. The summed E-state index contributed by atoms with van der Waals surface area (Å²) in [5.74, 6) is -12.2. The number of amides is 7. The number of carboxylic acid groups (broad SMARTS) is 3. The number of aryl methyl sites for hydroxylation is 8. The van der Waals surface area contributed by atoms with Crippen molar-refractivity contribution in [2.45, 2.75) is 147 Å². The average Bonchev–Trinajstić information content (AvgIpc) is 0.776. The number of aromatic amines is 2. The fraction of sp³-hybridized carbons (Fsp3) is 0.452. The number of pyridine rings is 2. The van der Waals surface area contributed by atoms with E-state index in [-0.39, 0.29) is 144 Å². The largest absolute Gasteiger partial charge is 0.480 e. The highest BCUT2D eigenvalue weighted by Gasteiger charge is 2.35. The average molecular weight is 1900 g/mol. The van der Waals surface area contributed by atoms with E-state index in [0.29, 0.717) is 50.8 Å². The summed E-state index contributed by atoms with van der Waals surface area (Å²) in [6.45, 7) is 8.79. The molecule has 0 radical (unpaired) electrons. The van der Waals surface area contributed by atoms with Crippen LogP contribution >= 0.6 is 0 Å². The number of aromatic nitrogens is 6. The number of hydrogen-bond acceptors (Lipinski definition) is 28. The summed E-state index contributed by atoms with van der Waals surface area (Å²) in [7, 11) is -14.2. The second-order valence-corrected chi connectivity index (χ2v) is 36.9. The Balaban J connectivity index is 0.912. The number of aliphatic carboxylic acids is 3. The molecule has 1 aliphatic rings. The number of aliphatic hydroxyl groups excluding tert-OH is 2. The number of carbonyl (C=O) groups is 10. The minimum absolute atomic E-state index is 0.00173. The Labute approximate surface area is 759 Å². The summed E-state index contributed by atoms with van der Waals surface area (Å²) in [6.07, 6.45) is 7.32. The fourth-order valence-electron chi connectivity index (χ4n) is 15.3. The molecule has 1 saturated heterocycles. The Kier molecular flexibility index (Phi) is 37.2. The van der Waals surface area contributed by atoms with Crippen molar-refractivity contribution in [3.63, 3.8) is 0 Å². The van der Waals surface area contributed by atoms with Gasteiger partial charge in [0, 0.05) is 159 Å². The number of rotatable bonds is 46. The number of benzene rings is 4. The first-order valence-electron chi connectivity index (χ1n) is 42.3. The maximum Gasteiger partial charge on any atom is 0.323 e. The molecule has 19 N–H and O–H groups in total. The molecule has 0 bridgehead atoms. The van der Waals surface area contributed by atoms with Crippen molar-refractivity contribution in [2.24, 2.45) is 0 Å². The molecule has 0 spiro atoms. The van der Waals surface area contributed by atoms with E-state index >= 15 is 0 Å². The van der Waals surface area contributed by atoms with Crippen LogP contribution in [0.3, 0.4) is 0 Å². The summed E-state index contributed by atoms with van der Waals surface area (Å²) in [5.41, 5.74) is 2.15. The zero-order chi connectivity index (χ0) is 96.5. The van der Waals surface area contributed by atoms with Crippen LogP contribution in [0.1, 0.15) is 104 Å². The molecule has 1 fully saturated rings. The van der Waals surface area contributed by atoms with E-state index < -0.39 is 193 Å². The van der Waals surface area contributed by atoms with Gasteiger partial charge in [0.05, 0.1) is 47.4 Å². The lowest BCUT2D eigenvalue weighted by Crippen LogP contribution is -2.57. The highest BCUT2D eigenvalue weighted by Crippen LogP contribution is 2.26. The van der Waals surface area contributed by atoms with Gasteiger partial charge in [-0.2, -0.15) is 17.9 Å². The third kappa shape index (κ3) is 29.8. The molecule has 716 valence electrons. The summed E-state index contributed by atoms with van der Waals surface area (Å²) >= 11 is 0. The van der Waals surface area contributed by atoms with Crippen LogP contribution in [0.2, 0.25) is 0 Å². The van der Waals surface area contributed by atoms with Crippen molar-refractivity contribution in [3.05, 3.63) is 174 Å². The number of aliphatic hydroxyl groups is 2. The van der Waals surface area contributed by atoms with E-state index in [1.807, 2.05) is 0 Å². The number of hydrogen-bond donors (Lipinski definition) is 19.